The first-order chi connectivity index (χ1) is 11.4. The number of epoxide rings is 2. The van der Waals surface area contributed by atoms with Crippen molar-refractivity contribution in [1.29, 1.82) is 0 Å². The molecule has 4 rings (SSSR count). The Bertz CT molecular complexity index is 654. The predicted molar refractivity (Wildman–Crippen MR) is 92.0 cm³/mol. The molecule has 1 saturated carbocycles. The monoisotopic (exact) mass is 350 g/mol. The lowest BCUT2D eigenvalue weighted by Gasteiger charge is -2.52. The summed E-state index contributed by atoms with van der Waals surface area (Å²) in [6, 6.07) is 0. The topological polar surface area (TPSA) is 82.6 Å². The van der Waals surface area contributed by atoms with Crippen LogP contribution in [-0.2, 0) is 14.3 Å². The molecule has 0 radical (unpaired) electrons. The summed E-state index contributed by atoms with van der Waals surface area (Å²) in [5.41, 5.74) is -2.26. The summed E-state index contributed by atoms with van der Waals surface area (Å²) in [6.07, 6.45) is 3.64. The van der Waals surface area contributed by atoms with Crippen molar-refractivity contribution in [1.82, 2.24) is 0 Å². The summed E-state index contributed by atoms with van der Waals surface area (Å²) in [5.74, 6) is -0.334. The Labute approximate surface area is 149 Å². The fourth-order valence-electron chi connectivity index (χ4n) is 5.10. The van der Waals surface area contributed by atoms with Gasteiger partial charge >= 0.3 is 0 Å². The highest BCUT2D eigenvalue weighted by atomic mass is 16.6. The van der Waals surface area contributed by atoms with E-state index in [1.54, 1.807) is 13.0 Å². The molecule has 0 spiro atoms. The molecule has 5 nitrogen and oxygen atoms in total. The summed E-state index contributed by atoms with van der Waals surface area (Å²) < 4.78 is 11.7. The van der Waals surface area contributed by atoms with Gasteiger partial charge in [0.25, 0.3) is 0 Å². The summed E-state index contributed by atoms with van der Waals surface area (Å²) in [5, 5.41) is 22.1. The van der Waals surface area contributed by atoms with Gasteiger partial charge in [-0.05, 0) is 58.4 Å². The molecular weight excluding hydrogens is 320 g/mol. The van der Waals surface area contributed by atoms with E-state index in [9.17, 15) is 15.0 Å². The maximum absolute atomic E-state index is 13.1. The van der Waals surface area contributed by atoms with Crippen molar-refractivity contribution in [2.24, 2.45) is 11.3 Å². The van der Waals surface area contributed by atoms with Gasteiger partial charge in [-0.25, -0.2) is 0 Å². The van der Waals surface area contributed by atoms with E-state index >= 15 is 0 Å². The second-order valence-corrected chi connectivity index (χ2v) is 9.48. The van der Waals surface area contributed by atoms with Gasteiger partial charge < -0.3 is 19.7 Å². The summed E-state index contributed by atoms with van der Waals surface area (Å²) in [4.78, 5) is 13.1. The molecule has 2 N–H and O–H groups in total. The third kappa shape index (κ3) is 2.32. The van der Waals surface area contributed by atoms with Gasteiger partial charge in [0.15, 0.2) is 5.78 Å². The standard InChI is InChI=1S/C20H30O5/c1-11-13(21)10-12-15(22)16-19(4,25-16)7-6-14-18(3,24-14)9-8-17(11,2)20(12,5)23/h10-11,13-14,16,21,23H,6-9H2,1-5H3/t11-,13+,14+,16-,17+,18+,19-,20+/m1/s1. The Morgan fingerprint density at radius 1 is 1.08 bits per heavy atom. The number of fused-ring (bicyclic) bond motifs is 4. The fraction of sp³-hybridized carbons (Fsp3) is 0.850. The molecule has 2 aliphatic heterocycles. The molecule has 2 aliphatic carbocycles. The minimum absolute atomic E-state index is 0.158. The van der Waals surface area contributed by atoms with Gasteiger partial charge in [-0.1, -0.05) is 13.8 Å². The number of carbonyl (C=O) groups excluding carboxylic acids is 1. The number of carbonyl (C=O) groups is 1. The number of Topliss-reactive ketones (excluding diaryl/α,β-unsaturated/α-hetero) is 1. The molecule has 25 heavy (non-hydrogen) atoms. The van der Waals surface area contributed by atoms with Crippen LogP contribution < -0.4 is 0 Å². The molecule has 8 atom stereocenters. The maximum Gasteiger partial charge on any atom is 0.193 e. The lowest BCUT2D eigenvalue weighted by Crippen LogP contribution is -2.57. The lowest BCUT2D eigenvalue weighted by atomic mass is 9.55. The summed E-state index contributed by atoms with van der Waals surface area (Å²) in [7, 11) is 0. The van der Waals surface area contributed by atoms with E-state index in [2.05, 4.69) is 6.92 Å². The van der Waals surface area contributed by atoms with Gasteiger partial charge in [0, 0.05) is 11.0 Å². The van der Waals surface area contributed by atoms with Crippen LogP contribution in [0.5, 0.6) is 0 Å². The van der Waals surface area contributed by atoms with Crippen molar-refractivity contribution in [2.45, 2.75) is 95.4 Å². The highest BCUT2D eigenvalue weighted by molar-refractivity contribution is 6.03. The molecule has 0 aromatic rings. The lowest BCUT2D eigenvalue weighted by molar-refractivity contribution is -0.132. The first-order valence-electron chi connectivity index (χ1n) is 9.47. The van der Waals surface area contributed by atoms with Crippen molar-refractivity contribution in [3.8, 4) is 0 Å². The van der Waals surface area contributed by atoms with Gasteiger partial charge in [-0.15, -0.1) is 0 Å². The van der Waals surface area contributed by atoms with Crippen LogP contribution in [0, 0.1) is 11.3 Å². The van der Waals surface area contributed by atoms with Crippen molar-refractivity contribution in [3.05, 3.63) is 11.6 Å². The first kappa shape index (κ1) is 17.7. The summed E-state index contributed by atoms with van der Waals surface area (Å²) in [6.45, 7) is 9.74. The van der Waals surface area contributed by atoms with Crippen LogP contribution in [0.25, 0.3) is 0 Å². The number of ketones is 1. The van der Waals surface area contributed by atoms with E-state index in [-0.39, 0.29) is 23.4 Å². The number of rotatable bonds is 0. The van der Waals surface area contributed by atoms with Gasteiger partial charge in [0.1, 0.15) is 11.7 Å². The average Bonchev–Trinajstić information content (AvgIpc) is 3.40. The molecule has 3 fully saturated rings. The SMILES string of the molecule is C[C@@H]1[C@@H](O)C=C2C(=O)[C@H]3O[C@]3(C)CC[C@@H]3O[C@@]3(C)CC[C@]1(C)[C@@]2(C)O. The number of aliphatic hydroxyl groups is 2. The normalized spacial score (nSPS) is 58.2. The molecular formula is C20H30O5. The van der Waals surface area contributed by atoms with Crippen LogP contribution in [0.2, 0.25) is 0 Å². The highest BCUT2D eigenvalue weighted by Gasteiger charge is 2.64. The minimum Gasteiger partial charge on any atom is -0.389 e. The molecule has 4 aliphatic rings. The maximum atomic E-state index is 13.1. The average molecular weight is 350 g/mol. The quantitative estimate of drug-likeness (QED) is 0.654. The highest BCUT2D eigenvalue weighted by Crippen LogP contribution is 2.57. The Balaban J connectivity index is 1.77. The molecule has 0 aromatic heterocycles. The smallest absolute Gasteiger partial charge is 0.193 e. The van der Waals surface area contributed by atoms with Gasteiger partial charge in [-0.2, -0.15) is 0 Å². The number of hydrogen-bond donors (Lipinski definition) is 2. The van der Waals surface area contributed by atoms with Crippen molar-refractivity contribution < 1.29 is 24.5 Å². The molecule has 0 amide bonds. The van der Waals surface area contributed by atoms with Crippen molar-refractivity contribution in [3.63, 3.8) is 0 Å². The van der Waals surface area contributed by atoms with Crippen LogP contribution in [0.4, 0.5) is 0 Å². The van der Waals surface area contributed by atoms with E-state index in [1.165, 1.54) is 0 Å². The van der Waals surface area contributed by atoms with E-state index in [4.69, 9.17) is 9.47 Å². The Morgan fingerprint density at radius 3 is 2.44 bits per heavy atom. The number of aliphatic hydroxyl groups excluding tert-OH is 1. The molecule has 140 valence electrons. The number of ether oxygens (including phenoxy) is 2. The van der Waals surface area contributed by atoms with Crippen LogP contribution >= 0.6 is 0 Å². The fourth-order valence-corrected chi connectivity index (χ4v) is 5.10. The molecule has 2 heterocycles. The second-order valence-electron chi connectivity index (χ2n) is 9.48. The van der Waals surface area contributed by atoms with Crippen LogP contribution in [0.1, 0.15) is 60.3 Å². The van der Waals surface area contributed by atoms with Gasteiger partial charge in [-0.3, -0.25) is 4.79 Å². The minimum atomic E-state index is -1.31. The molecule has 5 heteroatoms. The zero-order valence-electron chi connectivity index (χ0n) is 15.8. The second kappa shape index (κ2) is 4.94. The zero-order valence-corrected chi connectivity index (χ0v) is 15.8. The molecule has 0 unspecified atom stereocenters. The number of hydrogen-bond acceptors (Lipinski definition) is 5. The van der Waals surface area contributed by atoms with Gasteiger partial charge in [0.2, 0.25) is 0 Å². The predicted octanol–water partition coefficient (Wildman–Crippen LogP) is 2.14. The third-order valence-corrected chi connectivity index (χ3v) is 7.96. The van der Waals surface area contributed by atoms with Crippen LogP contribution in [-0.4, -0.2) is 51.1 Å². The first-order valence-corrected chi connectivity index (χ1v) is 9.47. The summed E-state index contributed by atoms with van der Waals surface area (Å²) >= 11 is 0. The van der Waals surface area contributed by atoms with Crippen molar-refractivity contribution >= 4 is 5.78 Å². The molecule has 2 saturated heterocycles. The zero-order chi connectivity index (χ0) is 18.4. The van der Waals surface area contributed by atoms with E-state index in [0.717, 1.165) is 19.3 Å². The van der Waals surface area contributed by atoms with Crippen molar-refractivity contribution in [2.75, 3.05) is 0 Å². The Morgan fingerprint density at radius 2 is 1.76 bits per heavy atom. The van der Waals surface area contributed by atoms with E-state index in [1.807, 2.05) is 20.8 Å². The van der Waals surface area contributed by atoms with Crippen LogP contribution in [0.15, 0.2) is 11.6 Å². The van der Waals surface area contributed by atoms with Gasteiger partial charge in [0.05, 0.1) is 23.4 Å². The Kier molecular flexibility index (Phi) is 3.49. The Hall–Kier alpha value is -0.750. The largest absolute Gasteiger partial charge is 0.389 e. The molecule has 2 bridgehead atoms. The van der Waals surface area contributed by atoms with E-state index in [0.29, 0.717) is 12.0 Å². The van der Waals surface area contributed by atoms with Crippen LogP contribution in [0.3, 0.4) is 0 Å². The third-order valence-electron chi connectivity index (χ3n) is 7.96. The molecule has 0 aromatic carbocycles. The van der Waals surface area contributed by atoms with E-state index < -0.39 is 28.8 Å².